The van der Waals surface area contributed by atoms with E-state index >= 15 is 0 Å². The number of fused-ring (bicyclic) bond motifs is 1. The molecule has 0 amide bonds. The van der Waals surface area contributed by atoms with Gasteiger partial charge in [-0.05, 0) is 48.2 Å². The lowest BCUT2D eigenvalue weighted by molar-refractivity contribution is 0.628. The number of nitrogens with one attached hydrogen (secondary N) is 2. The first kappa shape index (κ1) is 18.8. The molecular formula is C21H16ClFN6. The molecule has 0 bridgehead atoms. The van der Waals surface area contributed by atoms with Gasteiger partial charge in [-0.2, -0.15) is 5.26 Å². The third-order valence-electron chi connectivity index (χ3n) is 4.73. The number of hydrogen-bond donors (Lipinski definition) is 2. The Morgan fingerprint density at radius 2 is 2.10 bits per heavy atom. The summed E-state index contributed by atoms with van der Waals surface area (Å²) in [4.78, 5) is 15.5. The molecule has 6 nitrogen and oxygen atoms in total. The Morgan fingerprint density at radius 1 is 1.24 bits per heavy atom. The van der Waals surface area contributed by atoms with E-state index in [2.05, 4.69) is 31.3 Å². The van der Waals surface area contributed by atoms with Crippen LogP contribution in [-0.2, 0) is 6.42 Å². The van der Waals surface area contributed by atoms with E-state index in [1.807, 2.05) is 6.07 Å². The molecule has 2 aromatic carbocycles. The van der Waals surface area contributed by atoms with Crippen molar-refractivity contribution >= 4 is 28.6 Å². The largest absolute Gasteiger partial charge is 0.368 e. The van der Waals surface area contributed by atoms with Gasteiger partial charge in [0.2, 0.25) is 0 Å². The van der Waals surface area contributed by atoms with Gasteiger partial charge in [-0.3, -0.25) is 0 Å². The number of halogens is 2. The smallest absolute Gasteiger partial charge is 0.162 e. The fourth-order valence-corrected chi connectivity index (χ4v) is 3.55. The van der Waals surface area contributed by atoms with Gasteiger partial charge in [0.1, 0.15) is 23.7 Å². The van der Waals surface area contributed by atoms with Crippen LogP contribution >= 0.6 is 11.6 Å². The summed E-state index contributed by atoms with van der Waals surface area (Å²) in [5.41, 5.74) is 4.62. The number of H-pyrrole nitrogens is 1. The Morgan fingerprint density at radius 3 is 2.90 bits per heavy atom. The first-order chi connectivity index (χ1) is 14.1. The molecule has 0 saturated heterocycles. The van der Waals surface area contributed by atoms with Crippen molar-refractivity contribution in [2.45, 2.75) is 13.3 Å². The Hall–Kier alpha value is -3.50. The highest BCUT2D eigenvalue weighted by atomic mass is 35.5. The van der Waals surface area contributed by atoms with Crippen molar-refractivity contribution in [2.24, 2.45) is 0 Å². The van der Waals surface area contributed by atoms with Gasteiger partial charge in [-0.25, -0.2) is 19.3 Å². The minimum Gasteiger partial charge on any atom is -0.368 e. The Labute approximate surface area is 171 Å². The summed E-state index contributed by atoms with van der Waals surface area (Å²) in [6.07, 6.45) is 3.57. The highest BCUT2D eigenvalue weighted by molar-refractivity contribution is 6.31. The molecule has 2 N–H and O–H groups in total. The third-order valence-corrected chi connectivity index (χ3v) is 5.13. The van der Waals surface area contributed by atoms with Crippen molar-refractivity contribution in [1.29, 1.82) is 5.26 Å². The zero-order chi connectivity index (χ0) is 20.4. The lowest BCUT2D eigenvalue weighted by Crippen LogP contribution is -2.09. The summed E-state index contributed by atoms with van der Waals surface area (Å²) in [6.45, 7) is 2.31. The van der Waals surface area contributed by atoms with E-state index < -0.39 is 0 Å². The molecule has 8 heteroatoms. The van der Waals surface area contributed by atoms with E-state index in [9.17, 15) is 9.65 Å². The van der Waals surface area contributed by atoms with Crippen LogP contribution in [0.2, 0.25) is 5.02 Å². The predicted molar refractivity (Wildman–Crippen MR) is 110 cm³/mol. The van der Waals surface area contributed by atoms with Gasteiger partial charge in [0.05, 0.1) is 11.9 Å². The van der Waals surface area contributed by atoms with Crippen molar-refractivity contribution in [3.8, 4) is 17.2 Å². The second-order valence-corrected chi connectivity index (χ2v) is 6.92. The lowest BCUT2D eigenvalue weighted by atomic mass is 9.90. The summed E-state index contributed by atoms with van der Waals surface area (Å²) in [5.74, 6) is 0.257. The maximum absolute atomic E-state index is 13.8. The Bertz CT molecular complexity index is 1240. The van der Waals surface area contributed by atoms with Crippen LogP contribution < -0.4 is 5.32 Å². The van der Waals surface area contributed by atoms with Crippen LogP contribution in [0.5, 0.6) is 0 Å². The first-order valence-corrected chi connectivity index (χ1v) is 9.32. The van der Waals surface area contributed by atoms with E-state index in [0.717, 1.165) is 5.56 Å². The maximum Gasteiger partial charge on any atom is 0.162 e. The number of benzene rings is 2. The molecule has 0 saturated carbocycles. The number of aromatic amines is 1. The highest BCUT2D eigenvalue weighted by Gasteiger charge is 2.17. The Kier molecular flexibility index (Phi) is 5.10. The topological polar surface area (TPSA) is 90.3 Å². The minimum atomic E-state index is -0.357. The van der Waals surface area contributed by atoms with Crippen LogP contribution in [0.3, 0.4) is 0 Å². The quantitative estimate of drug-likeness (QED) is 0.503. The van der Waals surface area contributed by atoms with Crippen LogP contribution in [0.1, 0.15) is 16.7 Å². The number of nitriles is 1. The molecule has 0 unspecified atom stereocenters. The summed E-state index contributed by atoms with van der Waals surface area (Å²) < 4.78 is 13.8. The summed E-state index contributed by atoms with van der Waals surface area (Å²) >= 11 is 6.37. The summed E-state index contributed by atoms with van der Waals surface area (Å²) in [6, 6.07) is 10.3. The molecule has 144 valence electrons. The molecule has 0 fully saturated rings. The lowest BCUT2D eigenvalue weighted by Gasteiger charge is -2.16. The number of aromatic nitrogens is 4. The van der Waals surface area contributed by atoms with Crippen molar-refractivity contribution in [3.63, 3.8) is 0 Å². The maximum atomic E-state index is 13.8. The van der Waals surface area contributed by atoms with Crippen molar-refractivity contribution < 1.29 is 4.39 Å². The van der Waals surface area contributed by atoms with Gasteiger partial charge in [0.25, 0.3) is 0 Å². The van der Waals surface area contributed by atoms with Gasteiger partial charge in [-0.1, -0.05) is 23.7 Å². The molecule has 4 rings (SSSR count). The van der Waals surface area contributed by atoms with Gasteiger partial charge in [-0.15, -0.1) is 0 Å². The standard InChI is InChI=1S/C21H16ClFN6/c1-12-16(9-24)18(13-3-2-4-15(23)7-13)14(8-17(12)22)5-6-25-20-19-21(27-10-26-19)29-11-28-20/h2-4,7-8,10-11H,5-6H2,1H3,(H2,25,26,27,28,29). The molecule has 0 spiro atoms. The van der Waals surface area contributed by atoms with Crippen LogP contribution in [-0.4, -0.2) is 26.5 Å². The molecule has 0 aliphatic heterocycles. The predicted octanol–water partition coefficient (Wildman–Crippen LogP) is 4.65. The normalized spacial score (nSPS) is 10.8. The number of hydrogen-bond acceptors (Lipinski definition) is 5. The fraction of sp³-hybridized carbons (Fsp3) is 0.143. The molecule has 2 aromatic heterocycles. The molecule has 29 heavy (non-hydrogen) atoms. The van der Waals surface area contributed by atoms with Gasteiger partial charge in [0, 0.05) is 17.1 Å². The first-order valence-electron chi connectivity index (χ1n) is 8.94. The van der Waals surface area contributed by atoms with Crippen LogP contribution in [0.4, 0.5) is 10.2 Å². The number of rotatable bonds is 5. The average Bonchev–Trinajstić information content (AvgIpc) is 3.20. The minimum absolute atomic E-state index is 0.357. The molecular weight excluding hydrogens is 391 g/mol. The van der Waals surface area contributed by atoms with Gasteiger partial charge >= 0.3 is 0 Å². The van der Waals surface area contributed by atoms with E-state index in [0.29, 0.717) is 57.2 Å². The zero-order valence-corrected chi connectivity index (χ0v) is 16.3. The van der Waals surface area contributed by atoms with Crippen molar-refractivity contribution in [3.05, 3.63) is 70.5 Å². The molecule has 2 heterocycles. The average molecular weight is 407 g/mol. The van der Waals surface area contributed by atoms with Crippen LogP contribution in [0, 0.1) is 24.1 Å². The summed E-state index contributed by atoms with van der Waals surface area (Å²) in [5, 5.41) is 13.5. The van der Waals surface area contributed by atoms with E-state index in [-0.39, 0.29) is 5.82 Å². The van der Waals surface area contributed by atoms with Gasteiger partial charge in [0.15, 0.2) is 11.5 Å². The second kappa shape index (κ2) is 7.86. The van der Waals surface area contributed by atoms with Crippen LogP contribution in [0.25, 0.3) is 22.3 Å². The Balaban J connectivity index is 1.69. The molecule has 0 aliphatic carbocycles. The number of imidazole rings is 1. The zero-order valence-electron chi connectivity index (χ0n) is 15.5. The monoisotopic (exact) mass is 406 g/mol. The number of anilines is 1. The fourth-order valence-electron chi connectivity index (χ4n) is 3.32. The van der Waals surface area contributed by atoms with Crippen LogP contribution in [0.15, 0.2) is 43.0 Å². The van der Waals surface area contributed by atoms with E-state index in [4.69, 9.17) is 11.6 Å². The third kappa shape index (κ3) is 3.62. The van der Waals surface area contributed by atoms with Crippen molar-refractivity contribution in [1.82, 2.24) is 19.9 Å². The highest BCUT2D eigenvalue weighted by Crippen LogP contribution is 2.34. The van der Waals surface area contributed by atoms with E-state index in [1.54, 1.807) is 25.4 Å². The van der Waals surface area contributed by atoms with E-state index in [1.165, 1.54) is 18.5 Å². The second-order valence-electron chi connectivity index (χ2n) is 6.51. The SMILES string of the molecule is Cc1c(Cl)cc(CCNc2ncnc3[nH]cnc23)c(-c2cccc(F)c2)c1C#N. The van der Waals surface area contributed by atoms with Gasteiger partial charge < -0.3 is 10.3 Å². The number of nitrogens with zero attached hydrogens (tertiary/aromatic N) is 4. The molecule has 0 radical (unpaired) electrons. The molecule has 0 aliphatic rings. The molecule has 4 aromatic rings. The summed E-state index contributed by atoms with van der Waals surface area (Å²) in [7, 11) is 0. The molecule has 0 atom stereocenters. The van der Waals surface area contributed by atoms with Crippen molar-refractivity contribution in [2.75, 3.05) is 11.9 Å².